The van der Waals surface area contributed by atoms with E-state index >= 15 is 0 Å². The molecule has 1 heterocycles. The largest absolute Gasteiger partial charge is 0.508 e. The number of esters is 1. The molecule has 1 aliphatic rings. The summed E-state index contributed by atoms with van der Waals surface area (Å²) in [5, 5.41) is 0. The summed E-state index contributed by atoms with van der Waals surface area (Å²) >= 11 is 0. The highest BCUT2D eigenvalue weighted by molar-refractivity contribution is 5.87. The third-order valence-electron chi connectivity index (χ3n) is 4.09. The molecule has 1 aromatic carbocycles. The first-order valence-electron chi connectivity index (χ1n) is 8.42. The molecular weight excluding hydrogens is 354 g/mol. The second-order valence-corrected chi connectivity index (χ2v) is 6.01. The second-order valence-electron chi connectivity index (χ2n) is 6.01. The Bertz CT molecular complexity index is 701. The summed E-state index contributed by atoms with van der Waals surface area (Å²) in [4.78, 5) is 37.0. The summed E-state index contributed by atoms with van der Waals surface area (Å²) in [6.45, 7) is 6.50. The van der Waals surface area contributed by atoms with Crippen LogP contribution in [0.4, 0.5) is 4.79 Å². The van der Waals surface area contributed by atoms with Gasteiger partial charge in [0.1, 0.15) is 24.4 Å². The van der Waals surface area contributed by atoms with Crippen molar-refractivity contribution in [3.63, 3.8) is 0 Å². The molecule has 8 heteroatoms. The number of β-lactam (4-membered cyclic amide) rings is 1. The van der Waals surface area contributed by atoms with Crippen LogP contribution in [0.25, 0.3) is 0 Å². The van der Waals surface area contributed by atoms with E-state index in [1.165, 1.54) is 17.9 Å². The van der Waals surface area contributed by atoms with Gasteiger partial charge in [-0.15, -0.1) is 0 Å². The molecular formula is C19H23NO7. The minimum atomic E-state index is -0.912. The molecule has 0 aromatic heterocycles. The van der Waals surface area contributed by atoms with Crippen molar-refractivity contribution in [3.05, 3.63) is 42.5 Å². The van der Waals surface area contributed by atoms with E-state index in [0.717, 1.165) is 5.56 Å². The maximum absolute atomic E-state index is 12.6. The van der Waals surface area contributed by atoms with Crippen LogP contribution in [0.5, 0.6) is 5.75 Å². The van der Waals surface area contributed by atoms with Crippen LogP contribution in [-0.4, -0.2) is 49.0 Å². The summed E-state index contributed by atoms with van der Waals surface area (Å²) in [5.74, 6) is -0.897. The molecule has 2 rings (SSSR count). The van der Waals surface area contributed by atoms with Crippen molar-refractivity contribution in [2.45, 2.75) is 32.7 Å². The Morgan fingerprint density at radius 1 is 1.30 bits per heavy atom. The molecule has 0 spiro atoms. The quantitative estimate of drug-likeness (QED) is 0.390. The van der Waals surface area contributed by atoms with Crippen LogP contribution in [0.1, 0.15) is 19.4 Å². The molecule has 3 atom stereocenters. The second kappa shape index (κ2) is 9.07. The van der Waals surface area contributed by atoms with Gasteiger partial charge in [-0.25, -0.2) is 4.79 Å². The number of likely N-dealkylation sites (tertiary alicyclic amines) is 1. The van der Waals surface area contributed by atoms with Gasteiger partial charge in [-0.3, -0.25) is 9.59 Å². The Morgan fingerprint density at radius 2 is 1.96 bits per heavy atom. The molecule has 1 amide bonds. The van der Waals surface area contributed by atoms with Crippen molar-refractivity contribution >= 4 is 18.0 Å². The average Bonchev–Trinajstić information content (AvgIpc) is 2.64. The fourth-order valence-corrected chi connectivity index (χ4v) is 2.77. The maximum atomic E-state index is 12.6. The van der Waals surface area contributed by atoms with Crippen molar-refractivity contribution in [2.24, 2.45) is 5.92 Å². The standard InChI is InChI=1S/C19H23NO7/c1-5-10-25-19(23)26-12(2)16-17(22)20(18(16)27-13(3)21)11-14-6-8-15(24-4)9-7-14/h5-9,12,16,18H,1,10-11H2,2-4H3/t12-,16+,18-/m1/s1. The number of benzene rings is 1. The highest BCUT2D eigenvalue weighted by atomic mass is 16.7. The van der Waals surface area contributed by atoms with Gasteiger partial charge in [0.2, 0.25) is 5.91 Å². The zero-order valence-corrected chi connectivity index (χ0v) is 15.5. The molecule has 1 fully saturated rings. The number of carbonyl (C=O) groups excluding carboxylic acids is 3. The Morgan fingerprint density at radius 3 is 2.52 bits per heavy atom. The van der Waals surface area contributed by atoms with Crippen LogP contribution in [0.3, 0.4) is 0 Å². The van der Waals surface area contributed by atoms with Gasteiger partial charge >= 0.3 is 12.1 Å². The third kappa shape index (κ3) is 4.99. The SMILES string of the molecule is C=CCOC(=O)O[C@H](C)[C@H]1C(=O)N(Cc2ccc(OC)cc2)[C@@H]1OC(C)=O. The van der Waals surface area contributed by atoms with Crippen LogP contribution >= 0.6 is 0 Å². The van der Waals surface area contributed by atoms with Crippen molar-refractivity contribution in [1.29, 1.82) is 0 Å². The number of hydrogen-bond acceptors (Lipinski definition) is 7. The van der Waals surface area contributed by atoms with Crippen molar-refractivity contribution in [3.8, 4) is 5.75 Å². The van der Waals surface area contributed by atoms with Gasteiger partial charge in [0.15, 0.2) is 6.23 Å². The van der Waals surface area contributed by atoms with Crippen molar-refractivity contribution in [1.82, 2.24) is 4.90 Å². The normalized spacial score (nSPS) is 19.5. The van der Waals surface area contributed by atoms with Gasteiger partial charge < -0.3 is 23.8 Å². The fourth-order valence-electron chi connectivity index (χ4n) is 2.77. The summed E-state index contributed by atoms with van der Waals surface area (Å²) < 4.78 is 20.2. The topological polar surface area (TPSA) is 91.4 Å². The lowest BCUT2D eigenvalue weighted by Gasteiger charge is -2.47. The molecule has 0 N–H and O–H groups in total. The minimum absolute atomic E-state index is 0.00113. The number of carbonyl (C=O) groups is 3. The average molecular weight is 377 g/mol. The van der Waals surface area contributed by atoms with E-state index in [0.29, 0.717) is 5.75 Å². The molecule has 0 radical (unpaired) electrons. The van der Waals surface area contributed by atoms with E-state index in [4.69, 9.17) is 18.9 Å². The summed E-state index contributed by atoms with van der Waals surface area (Å²) in [6, 6.07) is 7.19. The van der Waals surface area contributed by atoms with Crippen LogP contribution in [0.2, 0.25) is 0 Å². The summed E-state index contributed by atoms with van der Waals surface area (Å²) in [5.41, 5.74) is 0.846. The minimum Gasteiger partial charge on any atom is -0.497 e. The van der Waals surface area contributed by atoms with E-state index in [-0.39, 0.29) is 19.1 Å². The molecule has 8 nitrogen and oxygen atoms in total. The monoisotopic (exact) mass is 377 g/mol. The summed E-state index contributed by atoms with van der Waals surface area (Å²) in [7, 11) is 1.57. The van der Waals surface area contributed by atoms with Crippen LogP contribution in [0.15, 0.2) is 36.9 Å². The molecule has 146 valence electrons. The zero-order chi connectivity index (χ0) is 20.0. The highest BCUT2D eigenvalue weighted by Gasteiger charge is 2.53. The van der Waals surface area contributed by atoms with Crippen molar-refractivity contribution in [2.75, 3.05) is 13.7 Å². The Balaban J connectivity index is 2.05. The number of methoxy groups -OCH3 is 1. The molecule has 1 aliphatic heterocycles. The zero-order valence-electron chi connectivity index (χ0n) is 15.5. The molecule has 27 heavy (non-hydrogen) atoms. The predicted molar refractivity (Wildman–Crippen MR) is 94.7 cm³/mol. The first kappa shape index (κ1) is 20.3. The Hall–Kier alpha value is -3.03. The van der Waals surface area contributed by atoms with E-state index in [2.05, 4.69) is 6.58 Å². The lowest BCUT2D eigenvalue weighted by molar-refractivity contribution is -0.209. The predicted octanol–water partition coefficient (Wildman–Crippen LogP) is 2.27. The number of nitrogens with zero attached hydrogens (tertiary/aromatic N) is 1. The van der Waals surface area contributed by atoms with Gasteiger partial charge in [-0.2, -0.15) is 0 Å². The first-order chi connectivity index (χ1) is 12.9. The molecule has 1 aromatic rings. The van der Waals surface area contributed by atoms with Crippen molar-refractivity contribution < 1.29 is 33.3 Å². The fraction of sp³-hybridized carbons (Fsp3) is 0.421. The van der Waals surface area contributed by atoms with Gasteiger partial charge in [0, 0.05) is 13.5 Å². The van der Waals surface area contributed by atoms with Gasteiger partial charge in [0.05, 0.1) is 7.11 Å². The smallest absolute Gasteiger partial charge is 0.497 e. The van der Waals surface area contributed by atoms with Crippen LogP contribution in [-0.2, 0) is 30.3 Å². The highest BCUT2D eigenvalue weighted by Crippen LogP contribution is 2.34. The summed E-state index contributed by atoms with van der Waals surface area (Å²) in [6.07, 6.45) is -1.14. The first-order valence-corrected chi connectivity index (χ1v) is 8.42. The number of hydrogen-bond donors (Lipinski definition) is 0. The molecule has 0 unspecified atom stereocenters. The lowest BCUT2D eigenvalue weighted by Crippen LogP contribution is -2.65. The van der Waals surface area contributed by atoms with E-state index in [1.54, 1.807) is 26.2 Å². The van der Waals surface area contributed by atoms with E-state index in [1.807, 2.05) is 12.1 Å². The number of ether oxygens (including phenoxy) is 4. The van der Waals surface area contributed by atoms with E-state index in [9.17, 15) is 14.4 Å². The maximum Gasteiger partial charge on any atom is 0.508 e. The third-order valence-corrected chi connectivity index (χ3v) is 4.09. The molecule has 0 bridgehead atoms. The van der Waals surface area contributed by atoms with Gasteiger partial charge in [0.25, 0.3) is 0 Å². The number of rotatable bonds is 8. The van der Waals surface area contributed by atoms with Crippen LogP contribution < -0.4 is 4.74 Å². The molecule has 0 aliphatic carbocycles. The Kier molecular flexibility index (Phi) is 6.81. The lowest BCUT2D eigenvalue weighted by atomic mass is 9.89. The number of amides is 1. The van der Waals surface area contributed by atoms with E-state index < -0.39 is 30.4 Å². The van der Waals surface area contributed by atoms with Crippen LogP contribution in [0, 0.1) is 5.92 Å². The molecule has 1 saturated heterocycles. The molecule has 0 saturated carbocycles. The Labute approximate surface area is 157 Å². The van der Waals surface area contributed by atoms with Gasteiger partial charge in [-0.05, 0) is 24.6 Å². The van der Waals surface area contributed by atoms with Gasteiger partial charge in [-0.1, -0.05) is 24.8 Å².